The number of hydrogen-bond acceptors (Lipinski definition) is 3. The first-order valence-corrected chi connectivity index (χ1v) is 5.50. The summed E-state index contributed by atoms with van der Waals surface area (Å²) >= 11 is 0. The highest BCUT2D eigenvalue weighted by atomic mass is 16.1. The molecule has 0 spiro atoms. The molecule has 84 valence electrons. The smallest absolute Gasteiger partial charge is 0.157 e. The van der Waals surface area contributed by atoms with Crippen LogP contribution < -0.4 is 11.1 Å². The van der Waals surface area contributed by atoms with Crippen molar-refractivity contribution in [2.24, 2.45) is 5.92 Å². The quantitative estimate of drug-likeness (QED) is 0.747. The third kappa shape index (κ3) is 2.42. The van der Waals surface area contributed by atoms with E-state index in [4.69, 9.17) is 5.73 Å². The zero-order valence-corrected chi connectivity index (χ0v) is 9.36. The van der Waals surface area contributed by atoms with Crippen molar-refractivity contribution in [1.29, 1.82) is 0 Å². The second kappa shape index (κ2) is 4.39. The monoisotopic (exact) mass is 216 g/mol. The molecule has 1 atom stereocenters. The van der Waals surface area contributed by atoms with Gasteiger partial charge in [0.05, 0.1) is 11.4 Å². The third-order valence-corrected chi connectivity index (χ3v) is 2.71. The fraction of sp³-hybridized carbons (Fsp3) is 0.308. The number of benzene rings is 1. The largest absolute Gasteiger partial charge is 0.397 e. The fourth-order valence-corrected chi connectivity index (χ4v) is 1.97. The van der Waals surface area contributed by atoms with Gasteiger partial charge < -0.3 is 11.1 Å². The van der Waals surface area contributed by atoms with Crippen LogP contribution in [0.1, 0.15) is 19.8 Å². The lowest BCUT2D eigenvalue weighted by Gasteiger charge is -2.20. The molecule has 0 amide bonds. The number of rotatable bonds is 2. The molecule has 0 saturated heterocycles. The highest BCUT2D eigenvalue weighted by molar-refractivity contribution is 5.92. The number of carbonyl (C=O) groups is 1. The van der Waals surface area contributed by atoms with Crippen LogP contribution in [0.4, 0.5) is 11.4 Å². The second-order valence-corrected chi connectivity index (χ2v) is 4.36. The topological polar surface area (TPSA) is 55.1 Å². The molecule has 1 aromatic carbocycles. The van der Waals surface area contributed by atoms with E-state index in [1.807, 2.05) is 24.3 Å². The van der Waals surface area contributed by atoms with E-state index in [2.05, 4.69) is 12.2 Å². The van der Waals surface area contributed by atoms with Gasteiger partial charge in [-0.3, -0.25) is 4.79 Å². The number of ketones is 1. The van der Waals surface area contributed by atoms with Gasteiger partial charge in [0.1, 0.15) is 0 Å². The summed E-state index contributed by atoms with van der Waals surface area (Å²) in [4.78, 5) is 11.4. The molecule has 0 aliphatic heterocycles. The Kier molecular flexibility index (Phi) is 2.95. The average Bonchev–Trinajstić information content (AvgIpc) is 2.20. The second-order valence-electron chi connectivity index (χ2n) is 4.36. The molecule has 3 heteroatoms. The molecule has 0 fully saturated rings. The summed E-state index contributed by atoms with van der Waals surface area (Å²) in [7, 11) is 0. The molecular formula is C13H16N2O. The Morgan fingerprint density at radius 2 is 2.06 bits per heavy atom. The van der Waals surface area contributed by atoms with Gasteiger partial charge in [-0.1, -0.05) is 19.1 Å². The van der Waals surface area contributed by atoms with E-state index >= 15 is 0 Å². The molecule has 1 aromatic rings. The maximum atomic E-state index is 11.4. The minimum atomic E-state index is 0.191. The van der Waals surface area contributed by atoms with Crippen molar-refractivity contribution in [1.82, 2.24) is 0 Å². The van der Waals surface area contributed by atoms with Crippen LogP contribution in [0, 0.1) is 5.92 Å². The van der Waals surface area contributed by atoms with Crippen molar-refractivity contribution in [2.45, 2.75) is 19.8 Å². The lowest BCUT2D eigenvalue weighted by Crippen LogP contribution is -2.16. The van der Waals surface area contributed by atoms with Crippen molar-refractivity contribution < 1.29 is 4.79 Å². The highest BCUT2D eigenvalue weighted by Gasteiger charge is 2.17. The third-order valence-electron chi connectivity index (χ3n) is 2.71. The Morgan fingerprint density at radius 3 is 2.75 bits per heavy atom. The van der Waals surface area contributed by atoms with Gasteiger partial charge in [-0.05, 0) is 24.5 Å². The van der Waals surface area contributed by atoms with E-state index < -0.39 is 0 Å². The minimum Gasteiger partial charge on any atom is -0.397 e. The van der Waals surface area contributed by atoms with E-state index in [9.17, 15) is 4.79 Å². The lowest BCUT2D eigenvalue weighted by molar-refractivity contribution is -0.115. The van der Waals surface area contributed by atoms with Crippen molar-refractivity contribution in [3.63, 3.8) is 0 Å². The van der Waals surface area contributed by atoms with Crippen LogP contribution in [0.5, 0.6) is 0 Å². The summed E-state index contributed by atoms with van der Waals surface area (Å²) in [6.07, 6.45) is 3.24. The number of para-hydroxylation sites is 2. The molecule has 0 bridgehead atoms. The van der Waals surface area contributed by atoms with Gasteiger partial charge in [0, 0.05) is 18.2 Å². The van der Waals surface area contributed by atoms with Crippen molar-refractivity contribution >= 4 is 17.2 Å². The summed E-state index contributed by atoms with van der Waals surface area (Å²) in [6.45, 7) is 2.08. The molecule has 1 aliphatic rings. The normalized spacial score (nSPS) is 20.4. The van der Waals surface area contributed by atoms with Crippen LogP contribution in [-0.4, -0.2) is 5.78 Å². The number of anilines is 2. The zero-order valence-electron chi connectivity index (χ0n) is 9.36. The van der Waals surface area contributed by atoms with Gasteiger partial charge in [0.25, 0.3) is 0 Å². The van der Waals surface area contributed by atoms with Crippen LogP contribution in [0.3, 0.4) is 0 Å². The maximum Gasteiger partial charge on any atom is 0.157 e. The number of nitrogens with two attached hydrogens (primary N) is 1. The van der Waals surface area contributed by atoms with Gasteiger partial charge in [0.15, 0.2) is 5.78 Å². The van der Waals surface area contributed by atoms with Gasteiger partial charge >= 0.3 is 0 Å². The predicted molar refractivity (Wildman–Crippen MR) is 66.0 cm³/mol. The van der Waals surface area contributed by atoms with Gasteiger partial charge in [-0.2, -0.15) is 0 Å². The molecular weight excluding hydrogens is 200 g/mol. The Hall–Kier alpha value is -1.77. The molecule has 0 heterocycles. The Morgan fingerprint density at radius 1 is 1.31 bits per heavy atom. The molecule has 0 radical (unpaired) electrons. The van der Waals surface area contributed by atoms with Crippen molar-refractivity contribution in [3.05, 3.63) is 36.0 Å². The standard InChI is InChI=1S/C13H16N2O/c1-9-6-10(8-11(16)7-9)15-13-5-3-2-4-12(13)14/h2-5,8-9,15H,6-7,14H2,1H3/t9-/m0/s1. The fourth-order valence-electron chi connectivity index (χ4n) is 1.97. The number of nitrogen functional groups attached to an aromatic ring is 1. The molecule has 0 saturated carbocycles. The molecule has 2 rings (SSSR count). The number of allylic oxidation sites excluding steroid dienone is 2. The average molecular weight is 216 g/mol. The van der Waals surface area contributed by atoms with Gasteiger partial charge in [-0.15, -0.1) is 0 Å². The summed E-state index contributed by atoms with van der Waals surface area (Å²) in [5, 5.41) is 3.23. The maximum absolute atomic E-state index is 11.4. The highest BCUT2D eigenvalue weighted by Crippen LogP contribution is 2.25. The first-order valence-electron chi connectivity index (χ1n) is 5.50. The molecule has 16 heavy (non-hydrogen) atoms. The Balaban J connectivity index is 2.16. The predicted octanol–water partition coefficient (Wildman–Crippen LogP) is 2.56. The van der Waals surface area contributed by atoms with Crippen LogP contribution >= 0.6 is 0 Å². The first-order chi connectivity index (χ1) is 7.65. The summed E-state index contributed by atoms with van der Waals surface area (Å²) in [5.74, 6) is 0.598. The summed E-state index contributed by atoms with van der Waals surface area (Å²) in [6, 6.07) is 7.58. The van der Waals surface area contributed by atoms with E-state index in [0.717, 1.165) is 17.8 Å². The van der Waals surface area contributed by atoms with Crippen LogP contribution in [0.15, 0.2) is 36.0 Å². The molecule has 0 unspecified atom stereocenters. The number of carbonyl (C=O) groups excluding carboxylic acids is 1. The van der Waals surface area contributed by atoms with E-state index in [1.165, 1.54) is 0 Å². The Bertz CT molecular complexity index is 437. The minimum absolute atomic E-state index is 0.191. The van der Waals surface area contributed by atoms with Crippen LogP contribution in [-0.2, 0) is 4.79 Å². The van der Waals surface area contributed by atoms with Crippen LogP contribution in [0.25, 0.3) is 0 Å². The van der Waals surface area contributed by atoms with Crippen LogP contribution in [0.2, 0.25) is 0 Å². The lowest BCUT2D eigenvalue weighted by atomic mass is 9.93. The van der Waals surface area contributed by atoms with Crippen molar-refractivity contribution in [2.75, 3.05) is 11.1 Å². The Labute approximate surface area is 95.3 Å². The number of hydrogen-bond donors (Lipinski definition) is 2. The molecule has 3 nitrogen and oxygen atoms in total. The SMILES string of the molecule is C[C@@H]1CC(=O)C=C(Nc2ccccc2N)C1. The van der Waals surface area contributed by atoms with Gasteiger partial charge in [-0.25, -0.2) is 0 Å². The zero-order chi connectivity index (χ0) is 11.5. The molecule has 0 aromatic heterocycles. The van der Waals surface area contributed by atoms with Crippen molar-refractivity contribution in [3.8, 4) is 0 Å². The van der Waals surface area contributed by atoms with E-state index in [1.54, 1.807) is 6.08 Å². The summed E-state index contributed by atoms with van der Waals surface area (Å²) in [5.41, 5.74) is 8.37. The molecule has 3 N–H and O–H groups in total. The van der Waals surface area contributed by atoms with E-state index in [-0.39, 0.29) is 5.78 Å². The molecule has 1 aliphatic carbocycles. The first kappa shape index (κ1) is 10.7. The number of nitrogens with one attached hydrogen (secondary N) is 1. The van der Waals surface area contributed by atoms with E-state index in [0.29, 0.717) is 18.0 Å². The van der Waals surface area contributed by atoms with Gasteiger partial charge in [0.2, 0.25) is 0 Å². The summed E-state index contributed by atoms with van der Waals surface area (Å²) < 4.78 is 0.